The molecule has 1 amide bonds. The Bertz CT molecular complexity index is 674. The van der Waals surface area contributed by atoms with Crippen molar-refractivity contribution in [3.05, 3.63) is 54.1 Å². The Balaban J connectivity index is 1.80. The summed E-state index contributed by atoms with van der Waals surface area (Å²) >= 11 is 1.84. The van der Waals surface area contributed by atoms with Gasteiger partial charge in [-0.15, -0.1) is 11.8 Å². The van der Waals surface area contributed by atoms with Gasteiger partial charge in [0.25, 0.3) is 5.91 Å². The number of nitrogens with one attached hydrogen (secondary N) is 2. The Kier molecular flexibility index (Phi) is 7.82. The van der Waals surface area contributed by atoms with Crippen LogP contribution >= 0.6 is 11.8 Å². The fourth-order valence-electron chi connectivity index (χ4n) is 2.51. The van der Waals surface area contributed by atoms with Crippen LogP contribution in [0, 0.1) is 6.92 Å². The topological polar surface area (TPSA) is 42.8 Å². The highest BCUT2D eigenvalue weighted by molar-refractivity contribution is 7.99. The summed E-state index contributed by atoms with van der Waals surface area (Å²) in [4.78, 5) is 14.9. The summed E-state index contributed by atoms with van der Waals surface area (Å²) in [6.07, 6.45) is 0. The Morgan fingerprint density at radius 1 is 1.16 bits per heavy atom. The van der Waals surface area contributed by atoms with Crippen molar-refractivity contribution in [1.29, 1.82) is 0 Å². The number of rotatable bonds is 9. The second-order valence-electron chi connectivity index (χ2n) is 5.94. The second-order valence-corrected chi connectivity index (χ2v) is 7.11. The van der Waals surface area contributed by atoms with Gasteiger partial charge in [-0.1, -0.05) is 29.8 Å². The fraction of sp³-hybridized carbons (Fsp3) is 0.350. The van der Waals surface area contributed by atoms with Crippen LogP contribution in [0.4, 0.5) is 5.69 Å². The molecule has 0 saturated heterocycles. The van der Waals surface area contributed by atoms with Crippen LogP contribution in [0.3, 0.4) is 0 Å². The van der Waals surface area contributed by atoms with Crippen LogP contribution < -0.4 is 15.0 Å². The average Bonchev–Trinajstić information content (AvgIpc) is 2.63. The fourth-order valence-corrected chi connectivity index (χ4v) is 3.46. The Morgan fingerprint density at radius 2 is 1.88 bits per heavy atom. The number of amides is 1. The molecule has 2 rings (SSSR count). The van der Waals surface area contributed by atoms with E-state index in [4.69, 9.17) is 4.74 Å². The molecule has 0 aromatic heterocycles. The number of thioether (sulfide) groups is 1. The van der Waals surface area contributed by atoms with Gasteiger partial charge in [-0.25, -0.2) is 0 Å². The number of aryl methyl sites for hydroxylation is 1. The van der Waals surface area contributed by atoms with Crippen molar-refractivity contribution in [2.24, 2.45) is 0 Å². The lowest BCUT2D eigenvalue weighted by Crippen LogP contribution is -3.13. The van der Waals surface area contributed by atoms with E-state index in [1.54, 1.807) is 7.11 Å². The van der Waals surface area contributed by atoms with E-state index in [9.17, 15) is 4.79 Å². The molecule has 0 spiro atoms. The third kappa shape index (κ3) is 6.44. The zero-order valence-corrected chi connectivity index (χ0v) is 16.0. The molecule has 2 N–H and O–H groups in total. The van der Waals surface area contributed by atoms with E-state index in [0.717, 1.165) is 24.5 Å². The summed E-state index contributed by atoms with van der Waals surface area (Å²) in [6.45, 7) is 6.55. The van der Waals surface area contributed by atoms with E-state index in [2.05, 4.69) is 43.4 Å². The number of likely N-dealkylation sites (N-methyl/N-ethyl adjacent to an activating group) is 1. The minimum absolute atomic E-state index is 0.0154. The van der Waals surface area contributed by atoms with Gasteiger partial charge in [0.05, 0.1) is 25.9 Å². The lowest BCUT2D eigenvalue weighted by atomic mass is 10.2. The van der Waals surface area contributed by atoms with E-state index in [-0.39, 0.29) is 5.91 Å². The molecular weight excluding hydrogens is 332 g/mol. The number of anilines is 1. The molecule has 1 unspecified atom stereocenters. The first-order valence-corrected chi connectivity index (χ1v) is 9.56. The number of para-hydroxylation sites is 2. The highest BCUT2D eigenvalue weighted by Gasteiger charge is 2.14. The van der Waals surface area contributed by atoms with Gasteiger partial charge >= 0.3 is 0 Å². The van der Waals surface area contributed by atoms with Crippen LogP contribution in [0.1, 0.15) is 12.5 Å². The summed E-state index contributed by atoms with van der Waals surface area (Å²) in [7, 11) is 1.61. The second kappa shape index (κ2) is 10.1. The Morgan fingerprint density at radius 3 is 2.56 bits per heavy atom. The zero-order valence-electron chi connectivity index (χ0n) is 15.2. The van der Waals surface area contributed by atoms with Crippen LogP contribution in [0.15, 0.2) is 53.4 Å². The third-order valence-electron chi connectivity index (χ3n) is 4.04. The molecule has 0 fully saturated rings. The molecule has 25 heavy (non-hydrogen) atoms. The number of ether oxygens (including phenoxy) is 1. The summed E-state index contributed by atoms with van der Waals surface area (Å²) in [5.41, 5.74) is 2.00. The monoisotopic (exact) mass is 359 g/mol. The average molecular weight is 360 g/mol. The number of quaternary nitrogens is 1. The van der Waals surface area contributed by atoms with Gasteiger partial charge in [-0.05, 0) is 38.1 Å². The van der Waals surface area contributed by atoms with Crippen LogP contribution in [0.5, 0.6) is 5.75 Å². The molecule has 0 aliphatic heterocycles. The van der Waals surface area contributed by atoms with Gasteiger partial charge in [0.2, 0.25) is 0 Å². The highest BCUT2D eigenvalue weighted by atomic mass is 32.2. The summed E-state index contributed by atoms with van der Waals surface area (Å²) < 4.78 is 5.27. The summed E-state index contributed by atoms with van der Waals surface area (Å²) in [5.74, 6) is 1.69. The molecular formula is C20H27N2O2S+. The SMILES string of the molecule is CC[NH+](CCSc1ccc(C)cc1)CC(=O)Nc1ccccc1OC. The van der Waals surface area contributed by atoms with E-state index < -0.39 is 0 Å². The van der Waals surface area contributed by atoms with Crippen molar-refractivity contribution in [2.45, 2.75) is 18.7 Å². The van der Waals surface area contributed by atoms with Crippen molar-refractivity contribution < 1.29 is 14.4 Å². The standard InChI is InChI=1S/C20H26N2O2S/c1-4-22(13-14-25-17-11-9-16(2)10-12-17)15-20(23)21-18-7-5-6-8-19(18)24-3/h5-12H,4,13-15H2,1-3H3,(H,21,23)/p+1. The van der Waals surface area contributed by atoms with Gasteiger partial charge < -0.3 is 15.0 Å². The highest BCUT2D eigenvalue weighted by Crippen LogP contribution is 2.22. The molecule has 0 bridgehead atoms. The van der Waals surface area contributed by atoms with E-state index in [0.29, 0.717) is 12.3 Å². The minimum Gasteiger partial charge on any atom is -0.495 e. The zero-order chi connectivity index (χ0) is 18.1. The number of benzene rings is 2. The molecule has 0 radical (unpaired) electrons. The summed E-state index contributed by atoms with van der Waals surface area (Å²) in [6, 6.07) is 16.1. The maximum Gasteiger partial charge on any atom is 0.279 e. The molecule has 4 nitrogen and oxygen atoms in total. The van der Waals surface area contributed by atoms with E-state index >= 15 is 0 Å². The van der Waals surface area contributed by atoms with Crippen molar-refractivity contribution in [3.63, 3.8) is 0 Å². The summed E-state index contributed by atoms with van der Waals surface area (Å²) in [5, 5.41) is 2.95. The largest absolute Gasteiger partial charge is 0.495 e. The molecule has 0 aliphatic rings. The van der Waals surface area contributed by atoms with Gasteiger partial charge in [0.15, 0.2) is 6.54 Å². The number of carbonyl (C=O) groups excluding carboxylic acids is 1. The first-order chi connectivity index (χ1) is 12.1. The van der Waals surface area contributed by atoms with Gasteiger partial charge in [0, 0.05) is 10.6 Å². The van der Waals surface area contributed by atoms with Crippen molar-refractivity contribution in [3.8, 4) is 5.75 Å². The lowest BCUT2D eigenvalue weighted by molar-refractivity contribution is -0.887. The van der Waals surface area contributed by atoms with Crippen molar-refractivity contribution in [1.82, 2.24) is 0 Å². The molecule has 2 aromatic carbocycles. The quantitative estimate of drug-likeness (QED) is 0.677. The van der Waals surface area contributed by atoms with Gasteiger partial charge in [-0.3, -0.25) is 4.79 Å². The number of carbonyl (C=O) groups is 1. The van der Waals surface area contributed by atoms with E-state index in [1.807, 2.05) is 36.0 Å². The molecule has 134 valence electrons. The van der Waals surface area contributed by atoms with Crippen molar-refractivity contribution >= 4 is 23.4 Å². The Labute approximate surface area is 154 Å². The predicted octanol–water partition coefficient (Wildman–Crippen LogP) is 2.64. The third-order valence-corrected chi connectivity index (χ3v) is 5.05. The molecule has 5 heteroatoms. The molecule has 0 saturated carbocycles. The molecule has 2 aromatic rings. The first kappa shape index (κ1) is 19.3. The van der Waals surface area contributed by atoms with Crippen LogP contribution in [-0.4, -0.2) is 38.4 Å². The van der Waals surface area contributed by atoms with Crippen LogP contribution in [0.2, 0.25) is 0 Å². The predicted molar refractivity (Wildman–Crippen MR) is 105 cm³/mol. The maximum absolute atomic E-state index is 12.3. The minimum atomic E-state index is 0.0154. The number of hydrogen-bond acceptors (Lipinski definition) is 3. The van der Waals surface area contributed by atoms with Crippen LogP contribution in [0.25, 0.3) is 0 Å². The van der Waals surface area contributed by atoms with Crippen molar-refractivity contribution in [2.75, 3.05) is 37.8 Å². The molecule has 1 atom stereocenters. The normalized spacial score (nSPS) is 11.8. The smallest absolute Gasteiger partial charge is 0.279 e. The first-order valence-electron chi connectivity index (χ1n) is 8.58. The number of methoxy groups -OCH3 is 1. The number of hydrogen-bond donors (Lipinski definition) is 2. The van der Waals surface area contributed by atoms with Gasteiger partial charge in [0.1, 0.15) is 5.75 Å². The van der Waals surface area contributed by atoms with Crippen LogP contribution in [-0.2, 0) is 4.79 Å². The van der Waals surface area contributed by atoms with E-state index in [1.165, 1.54) is 15.4 Å². The maximum atomic E-state index is 12.3. The molecule has 0 aliphatic carbocycles. The van der Waals surface area contributed by atoms with Gasteiger partial charge in [-0.2, -0.15) is 0 Å². The Hall–Kier alpha value is -1.98. The molecule has 0 heterocycles. The lowest BCUT2D eigenvalue weighted by Gasteiger charge is -2.17.